The van der Waals surface area contributed by atoms with Gasteiger partial charge in [-0.2, -0.15) is 0 Å². The fourth-order valence-electron chi connectivity index (χ4n) is 2.34. The molecule has 0 aliphatic carbocycles. The molecule has 1 aromatic carbocycles. The van der Waals surface area contributed by atoms with Gasteiger partial charge in [0, 0.05) is 44.7 Å². The molecule has 1 heterocycles. The van der Waals surface area contributed by atoms with E-state index in [-0.39, 0.29) is 11.8 Å². The SMILES string of the molecule is COc1cc(OC)cc(C(=O)N2CCN(C(C)=O)CC2)c1. The van der Waals surface area contributed by atoms with E-state index in [4.69, 9.17) is 9.47 Å². The summed E-state index contributed by atoms with van der Waals surface area (Å²) in [4.78, 5) is 27.3. The molecule has 0 atom stereocenters. The molecule has 0 aromatic heterocycles. The molecule has 0 N–H and O–H groups in total. The van der Waals surface area contributed by atoms with Gasteiger partial charge in [-0.3, -0.25) is 9.59 Å². The second-order valence-electron chi connectivity index (χ2n) is 4.90. The van der Waals surface area contributed by atoms with Crippen LogP contribution < -0.4 is 9.47 Å². The Morgan fingerprint density at radius 1 is 0.905 bits per heavy atom. The Bertz CT molecular complexity index is 514. The van der Waals surface area contributed by atoms with Crippen molar-refractivity contribution in [3.63, 3.8) is 0 Å². The number of rotatable bonds is 3. The van der Waals surface area contributed by atoms with Crippen molar-refractivity contribution >= 4 is 11.8 Å². The van der Waals surface area contributed by atoms with Gasteiger partial charge in [0.15, 0.2) is 0 Å². The van der Waals surface area contributed by atoms with Gasteiger partial charge in [0.25, 0.3) is 5.91 Å². The number of ether oxygens (including phenoxy) is 2. The van der Waals surface area contributed by atoms with Crippen molar-refractivity contribution in [2.45, 2.75) is 6.92 Å². The first kappa shape index (κ1) is 15.2. The van der Waals surface area contributed by atoms with Gasteiger partial charge in [-0.15, -0.1) is 0 Å². The second kappa shape index (κ2) is 6.47. The minimum Gasteiger partial charge on any atom is -0.497 e. The van der Waals surface area contributed by atoms with Crippen molar-refractivity contribution in [2.75, 3.05) is 40.4 Å². The maximum Gasteiger partial charge on any atom is 0.254 e. The average Bonchev–Trinajstić information content (AvgIpc) is 2.53. The van der Waals surface area contributed by atoms with Crippen molar-refractivity contribution in [1.82, 2.24) is 9.80 Å². The van der Waals surface area contributed by atoms with Crippen molar-refractivity contribution < 1.29 is 19.1 Å². The first-order valence-electron chi connectivity index (χ1n) is 6.83. The maximum absolute atomic E-state index is 12.5. The molecule has 1 aliphatic rings. The van der Waals surface area contributed by atoms with Crippen molar-refractivity contribution in [2.24, 2.45) is 0 Å². The Kier molecular flexibility index (Phi) is 4.67. The summed E-state index contributed by atoms with van der Waals surface area (Å²) >= 11 is 0. The predicted molar refractivity (Wildman–Crippen MR) is 77.7 cm³/mol. The van der Waals surface area contributed by atoms with Crippen LogP contribution >= 0.6 is 0 Å². The highest BCUT2D eigenvalue weighted by atomic mass is 16.5. The highest BCUT2D eigenvalue weighted by molar-refractivity contribution is 5.95. The lowest BCUT2D eigenvalue weighted by atomic mass is 10.1. The van der Waals surface area contributed by atoms with Gasteiger partial charge in [-0.05, 0) is 12.1 Å². The number of hydrogen-bond donors (Lipinski definition) is 0. The zero-order chi connectivity index (χ0) is 15.4. The Labute approximate surface area is 124 Å². The van der Waals surface area contributed by atoms with Crippen LogP contribution in [0.15, 0.2) is 18.2 Å². The molecule has 114 valence electrons. The van der Waals surface area contributed by atoms with Gasteiger partial charge in [0.2, 0.25) is 5.91 Å². The average molecular weight is 292 g/mol. The topological polar surface area (TPSA) is 59.1 Å². The summed E-state index contributed by atoms with van der Waals surface area (Å²) in [5, 5.41) is 0. The molecule has 6 nitrogen and oxygen atoms in total. The molecule has 0 unspecified atom stereocenters. The fraction of sp³-hybridized carbons (Fsp3) is 0.467. The van der Waals surface area contributed by atoms with Crippen LogP contribution in [0.2, 0.25) is 0 Å². The first-order valence-corrected chi connectivity index (χ1v) is 6.83. The Morgan fingerprint density at radius 3 is 1.81 bits per heavy atom. The fourth-order valence-corrected chi connectivity index (χ4v) is 2.34. The smallest absolute Gasteiger partial charge is 0.254 e. The standard InChI is InChI=1S/C15H20N2O4/c1-11(18)16-4-6-17(7-5-16)15(19)12-8-13(20-2)10-14(9-12)21-3/h8-10H,4-7H2,1-3H3. The molecular formula is C15H20N2O4. The van der Waals surface area contributed by atoms with Crippen LogP contribution in [-0.2, 0) is 4.79 Å². The molecule has 1 saturated heterocycles. The third-order valence-corrected chi connectivity index (χ3v) is 3.61. The van der Waals surface area contributed by atoms with E-state index in [2.05, 4.69) is 0 Å². The number of piperazine rings is 1. The van der Waals surface area contributed by atoms with E-state index in [9.17, 15) is 9.59 Å². The van der Waals surface area contributed by atoms with E-state index < -0.39 is 0 Å². The third-order valence-electron chi connectivity index (χ3n) is 3.61. The lowest BCUT2D eigenvalue weighted by molar-refractivity contribution is -0.130. The first-order chi connectivity index (χ1) is 10.0. The molecule has 0 radical (unpaired) electrons. The van der Waals surface area contributed by atoms with Crippen LogP contribution in [0.1, 0.15) is 17.3 Å². The van der Waals surface area contributed by atoms with E-state index in [0.717, 1.165) is 0 Å². The van der Waals surface area contributed by atoms with E-state index in [1.807, 2.05) is 0 Å². The van der Waals surface area contributed by atoms with Gasteiger partial charge in [0.05, 0.1) is 14.2 Å². The molecule has 2 amide bonds. The summed E-state index contributed by atoms with van der Waals surface area (Å²) in [5.41, 5.74) is 0.530. The van der Waals surface area contributed by atoms with E-state index >= 15 is 0 Å². The van der Waals surface area contributed by atoms with Crippen LogP contribution in [0.5, 0.6) is 11.5 Å². The Balaban J connectivity index is 2.12. The summed E-state index contributed by atoms with van der Waals surface area (Å²) in [5.74, 6) is 1.14. The molecule has 1 fully saturated rings. The van der Waals surface area contributed by atoms with Crippen molar-refractivity contribution in [3.8, 4) is 11.5 Å². The van der Waals surface area contributed by atoms with E-state index in [1.165, 1.54) is 0 Å². The molecule has 1 aliphatic heterocycles. The molecule has 0 spiro atoms. The number of methoxy groups -OCH3 is 2. The van der Waals surface area contributed by atoms with E-state index in [0.29, 0.717) is 43.2 Å². The third kappa shape index (κ3) is 3.45. The molecule has 21 heavy (non-hydrogen) atoms. The number of hydrogen-bond acceptors (Lipinski definition) is 4. The summed E-state index contributed by atoms with van der Waals surface area (Å²) in [6, 6.07) is 5.12. The maximum atomic E-state index is 12.5. The van der Waals surface area contributed by atoms with Crippen LogP contribution in [0.3, 0.4) is 0 Å². The number of carbonyl (C=O) groups is 2. The Morgan fingerprint density at radius 2 is 1.38 bits per heavy atom. The Hall–Kier alpha value is -2.24. The minimum atomic E-state index is -0.0737. The summed E-state index contributed by atoms with van der Waals surface area (Å²) in [7, 11) is 3.10. The normalized spacial score (nSPS) is 14.8. The van der Waals surface area contributed by atoms with Crippen LogP contribution in [0, 0.1) is 0 Å². The highest BCUT2D eigenvalue weighted by Crippen LogP contribution is 2.23. The lowest BCUT2D eigenvalue weighted by Gasteiger charge is -2.34. The summed E-state index contributed by atoms with van der Waals surface area (Å²) < 4.78 is 10.4. The molecule has 1 aromatic rings. The van der Waals surface area contributed by atoms with Crippen molar-refractivity contribution in [1.29, 1.82) is 0 Å². The molecular weight excluding hydrogens is 272 g/mol. The highest BCUT2D eigenvalue weighted by Gasteiger charge is 2.23. The van der Waals surface area contributed by atoms with Crippen molar-refractivity contribution in [3.05, 3.63) is 23.8 Å². The second-order valence-corrected chi connectivity index (χ2v) is 4.90. The molecule has 2 rings (SSSR count). The predicted octanol–water partition coefficient (Wildman–Crippen LogP) is 1.01. The number of benzene rings is 1. The van der Waals surface area contributed by atoms with E-state index in [1.54, 1.807) is 49.1 Å². The monoisotopic (exact) mass is 292 g/mol. The molecule has 0 bridgehead atoms. The summed E-state index contributed by atoms with van der Waals surface area (Å²) in [6.07, 6.45) is 0. The van der Waals surface area contributed by atoms with Crippen LogP contribution in [-0.4, -0.2) is 62.0 Å². The van der Waals surface area contributed by atoms with Gasteiger partial charge >= 0.3 is 0 Å². The number of carbonyl (C=O) groups excluding carboxylic acids is 2. The molecule has 0 saturated carbocycles. The van der Waals surface area contributed by atoms with Crippen LogP contribution in [0.4, 0.5) is 0 Å². The quantitative estimate of drug-likeness (QED) is 0.834. The van der Waals surface area contributed by atoms with Gasteiger partial charge < -0.3 is 19.3 Å². The van der Waals surface area contributed by atoms with Crippen LogP contribution in [0.25, 0.3) is 0 Å². The number of amides is 2. The zero-order valence-corrected chi connectivity index (χ0v) is 12.6. The van der Waals surface area contributed by atoms with Gasteiger partial charge in [-0.1, -0.05) is 0 Å². The van der Waals surface area contributed by atoms with Gasteiger partial charge in [0.1, 0.15) is 11.5 Å². The molecule has 6 heteroatoms. The summed E-state index contributed by atoms with van der Waals surface area (Å²) in [6.45, 7) is 3.77. The lowest BCUT2D eigenvalue weighted by Crippen LogP contribution is -2.50. The number of nitrogens with zero attached hydrogens (tertiary/aromatic N) is 2. The largest absolute Gasteiger partial charge is 0.497 e. The minimum absolute atomic E-state index is 0.0464. The zero-order valence-electron chi connectivity index (χ0n) is 12.6. The van der Waals surface area contributed by atoms with Gasteiger partial charge in [-0.25, -0.2) is 0 Å².